The molecule has 3 heteroatoms. The van der Waals surface area contributed by atoms with Crippen LogP contribution in [0.25, 0.3) is 0 Å². The summed E-state index contributed by atoms with van der Waals surface area (Å²) in [6.07, 6.45) is 0.575. The minimum atomic E-state index is -0.335. The highest BCUT2D eigenvalue weighted by Gasteiger charge is 2.15. The molecule has 0 saturated carbocycles. The van der Waals surface area contributed by atoms with E-state index in [1.54, 1.807) is 0 Å². The molecule has 0 amide bonds. The molecule has 15 heavy (non-hydrogen) atoms. The lowest BCUT2D eigenvalue weighted by molar-refractivity contribution is 0.0982. The normalized spacial score (nSPS) is 14.7. The summed E-state index contributed by atoms with van der Waals surface area (Å²) in [5, 5.41) is 9.12. The van der Waals surface area contributed by atoms with Crippen molar-refractivity contribution in [1.29, 1.82) is 0 Å². The third-order valence-corrected chi connectivity index (χ3v) is 2.40. The Morgan fingerprint density at radius 2 is 2.07 bits per heavy atom. The zero-order valence-electron chi connectivity index (χ0n) is 9.31. The molecule has 0 bridgehead atoms. The van der Waals surface area contributed by atoms with Gasteiger partial charge in [0.25, 0.3) is 0 Å². The van der Waals surface area contributed by atoms with Crippen molar-refractivity contribution in [2.24, 2.45) is 5.73 Å². The Balaban J connectivity index is 2.78. The summed E-state index contributed by atoms with van der Waals surface area (Å²) in [5.74, 6) is 0.816. The van der Waals surface area contributed by atoms with Crippen LogP contribution in [0.1, 0.15) is 19.4 Å². The van der Waals surface area contributed by atoms with E-state index in [4.69, 9.17) is 15.6 Å². The van der Waals surface area contributed by atoms with Crippen LogP contribution in [0, 0.1) is 0 Å². The van der Waals surface area contributed by atoms with Crippen LogP contribution >= 0.6 is 0 Å². The van der Waals surface area contributed by atoms with Gasteiger partial charge in [0.05, 0.1) is 6.61 Å². The lowest BCUT2D eigenvalue weighted by Gasteiger charge is -2.21. The van der Waals surface area contributed by atoms with Crippen LogP contribution < -0.4 is 10.5 Å². The molecule has 0 aliphatic carbocycles. The highest BCUT2D eigenvalue weighted by Crippen LogP contribution is 2.20. The molecule has 3 N–H and O–H groups in total. The fourth-order valence-corrected chi connectivity index (χ4v) is 1.38. The molecular weight excluding hydrogens is 190 g/mol. The van der Waals surface area contributed by atoms with Crippen molar-refractivity contribution in [1.82, 2.24) is 0 Å². The standard InChI is InChI=1S/C12H19NO2/c1-3-10-6-4-5-7-11(10)15-12(8-14)9(2)13/h4-7,9,12,14H,3,8,13H2,1-2H3. The number of hydrogen-bond donors (Lipinski definition) is 2. The molecule has 0 aliphatic heterocycles. The predicted molar refractivity (Wildman–Crippen MR) is 61.0 cm³/mol. The van der Waals surface area contributed by atoms with E-state index in [0.717, 1.165) is 17.7 Å². The Bertz CT molecular complexity index is 299. The molecule has 0 spiro atoms. The number of para-hydroxylation sites is 1. The first-order valence-corrected chi connectivity index (χ1v) is 5.30. The van der Waals surface area contributed by atoms with Crippen LogP contribution in [-0.2, 0) is 6.42 Å². The fraction of sp³-hybridized carbons (Fsp3) is 0.500. The number of benzene rings is 1. The molecule has 1 rings (SSSR count). The summed E-state index contributed by atoms with van der Waals surface area (Å²) in [6, 6.07) is 7.64. The Morgan fingerprint density at radius 3 is 2.60 bits per heavy atom. The Morgan fingerprint density at radius 1 is 1.40 bits per heavy atom. The molecular formula is C12H19NO2. The van der Waals surface area contributed by atoms with E-state index < -0.39 is 0 Å². The quantitative estimate of drug-likeness (QED) is 0.769. The predicted octanol–water partition coefficient (Wildman–Crippen LogP) is 1.34. The largest absolute Gasteiger partial charge is 0.486 e. The van der Waals surface area contributed by atoms with Crippen molar-refractivity contribution >= 4 is 0 Å². The SMILES string of the molecule is CCc1ccccc1OC(CO)C(C)N. The molecule has 84 valence electrons. The summed E-state index contributed by atoms with van der Waals surface area (Å²) < 4.78 is 5.67. The van der Waals surface area contributed by atoms with Crippen molar-refractivity contribution < 1.29 is 9.84 Å². The number of ether oxygens (including phenoxy) is 1. The van der Waals surface area contributed by atoms with Gasteiger partial charge in [-0.05, 0) is 25.0 Å². The van der Waals surface area contributed by atoms with E-state index in [-0.39, 0.29) is 18.8 Å². The van der Waals surface area contributed by atoms with Crippen LogP contribution in [0.5, 0.6) is 5.75 Å². The van der Waals surface area contributed by atoms with E-state index in [1.165, 1.54) is 0 Å². The highest BCUT2D eigenvalue weighted by molar-refractivity contribution is 5.33. The smallest absolute Gasteiger partial charge is 0.136 e. The summed E-state index contributed by atoms with van der Waals surface area (Å²) in [5.41, 5.74) is 6.84. The first-order valence-electron chi connectivity index (χ1n) is 5.30. The number of aryl methyl sites for hydroxylation is 1. The molecule has 0 aliphatic rings. The van der Waals surface area contributed by atoms with E-state index in [0.29, 0.717) is 0 Å². The molecule has 2 atom stereocenters. The van der Waals surface area contributed by atoms with Gasteiger partial charge in [0.2, 0.25) is 0 Å². The maximum atomic E-state index is 9.12. The van der Waals surface area contributed by atoms with Gasteiger partial charge in [0, 0.05) is 6.04 Å². The van der Waals surface area contributed by atoms with Gasteiger partial charge in [-0.3, -0.25) is 0 Å². The average molecular weight is 209 g/mol. The summed E-state index contributed by atoms with van der Waals surface area (Å²) >= 11 is 0. The summed E-state index contributed by atoms with van der Waals surface area (Å²) in [4.78, 5) is 0. The molecule has 0 fully saturated rings. The van der Waals surface area contributed by atoms with Gasteiger partial charge in [-0.15, -0.1) is 0 Å². The first kappa shape index (κ1) is 12.0. The van der Waals surface area contributed by atoms with Gasteiger partial charge in [-0.2, -0.15) is 0 Å². The zero-order chi connectivity index (χ0) is 11.3. The highest BCUT2D eigenvalue weighted by atomic mass is 16.5. The molecule has 0 radical (unpaired) electrons. The third-order valence-electron chi connectivity index (χ3n) is 2.40. The van der Waals surface area contributed by atoms with Crippen LogP contribution in [0.15, 0.2) is 24.3 Å². The summed E-state index contributed by atoms with van der Waals surface area (Å²) in [7, 11) is 0. The average Bonchev–Trinajstić information content (AvgIpc) is 2.25. The van der Waals surface area contributed by atoms with Crippen LogP contribution in [0.2, 0.25) is 0 Å². The number of hydrogen-bond acceptors (Lipinski definition) is 3. The molecule has 0 saturated heterocycles. The number of aliphatic hydroxyl groups excluding tert-OH is 1. The second-order valence-electron chi connectivity index (χ2n) is 3.66. The Labute approximate surface area is 90.9 Å². The van der Waals surface area contributed by atoms with Crippen molar-refractivity contribution in [3.8, 4) is 5.75 Å². The molecule has 0 heterocycles. The van der Waals surface area contributed by atoms with Crippen LogP contribution in [-0.4, -0.2) is 23.9 Å². The maximum absolute atomic E-state index is 9.12. The van der Waals surface area contributed by atoms with Crippen molar-refractivity contribution in [2.75, 3.05) is 6.61 Å². The number of nitrogens with two attached hydrogens (primary N) is 1. The van der Waals surface area contributed by atoms with Gasteiger partial charge >= 0.3 is 0 Å². The first-order chi connectivity index (χ1) is 7.19. The second-order valence-corrected chi connectivity index (χ2v) is 3.66. The lowest BCUT2D eigenvalue weighted by Crippen LogP contribution is -2.39. The molecule has 1 aromatic rings. The molecule has 1 aromatic carbocycles. The van der Waals surface area contributed by atoms with Gasteiger partial charge in [0.1, 0.15) is 11.9 Å². The van der Waals surface area contributed by atoms with Gasteiger partial charge in [0.15, 0.2) is 0 Å². The van der Waals surface area contributed by atoms with Crippen LogP contribution in [0.3, 0.4) is 0 Å². The van der Waals surface area contributed by atoms with Crippen molar-refractivity contribution in [2.45, 2.75) is 32.4 Å². The van der Waals surface area contributed by atoms with E-state index in [1.807, 2.05) is 31.2 Å². The Kier molecular flexibility index (Phi) is 4.59. The molecule has 3 nitrogen and oxygen atoms in total. The van der Waals surface area contributed by atoms with Crippen molar-refractivity contribution in [3.05, 3.63) is 29.8 Å². The molecule has 2 unspecified atom stereocenters. The van der Waals surface area contributed by atoms with E-state index >= 15 is 0 Å². The van der Waals surface area contributed by atoms with Crippen LogP contribution in [0.4, 0.5) is 0 Å². The monoisotopic (exact) mass is 209 g/mol. The maximum Gasteiger partial charge on any atom is 0.136 e. The van der Waals surface area contributed by atoms with E-state index in [9.17, 15) is 0 Å². The van der Waals surface area contributed by atoms with E-state index in [2.05, 4.69) is 6.92 Å². The third kappa shape index (κ3) is 3.22. The van der Waals surface area contributed by atoms with Gasteiger partial charge < -0.3 is 15.6 Å². The lowest BCUT2D eigenvalue weighted by atomic mass is 10.1. The Hall–Kier alpha value is -1.06. The van der Waals surface area contributed by atoms with Gasteiger partial charge in [-0.25, -0.2) is 0 Å². The minimum Gasteiger partial charge on any atom is -0.486 e. The fourth-order valence-electron chi connectivity index (χ4n) is 1.38. The number of rotatable bonds is 5. The minimum absolute atomic E-state index is 0.0598. The summed E-state index contributed by atoms with van der Waals surface area (Å²) in [6.45, 7) is 3.84. The second kappa shape index (κ2) is 5.73. The number of aliphatic hydroxyl groups is 1. The van der Waals surface area contributed by atoms with Gasteiger partial charge in [-0.1, -0.05) is 25.1 Å². The topological polar surface area (TPSA) is 55.5 Å². The van der Waals surface area contributed by atoms with Crippen molar-refractivity contribution in [3.63, 3.8) is 0 Å². The molecule has 0 aromatic heterocycles. The zero-order valence-corrected chi connectivity index (χ0v) is 9.31.